The second kappa shape index (κ2) is 3.99. The molecule has 1 nitrogen and oxygen atoms in total. The molecule has 14 heavy (non-hydrogen) atoms. The first-order valence-electron chi connectivity index (χ1n) is 4.96. The maximum atomic E-state index is 12.8. The highest BCUT2D eigenvalue weighted by Crippen LogP contribution is 2.34. The zero-order chi connectivity index (χ0) is 10.8. The van der Waals surface area contributed by atoms with Gasteiger partial charge >= 0.3 is 0 Å². The van der Waals surface area contributed by atoms with Crippen LogP contribution < -0.4 is 0 Å². The third kappa shape index (κ3) is 2.25. The molecule has 0 aliphatic heterocycles. The minimum atomic E-state index is -0.390. The Balaban J connectivity index is 3.06. The molecule has 1 aromatic rings. The summed E-state index contributed by atoms with van der Waals surface area (Å²) in [6, 6.07) is 4.24. The minimum Gasteiger partial charge on any atom is -0.508 e. The van der Waals surface area contributed by atoms with Gasteiger partial charge in [0.25, 0.3) is 0 Å². The number of halogens is 1. The summed E-state index contributed by atoms with van der Waals surface area (Å²) >= 11 is 0. The van der Waals surface area contributed by atoms with E-state index in [1.165, 1.54) is 12.1 Å². The molecule has 0 aliphatic rings. The fourth-order valence-electron chi connectivity index (χ4n) is 1.84. The Morgan fingerprint density at radius 3 is 2.50 bits per heavy atom. The monoisotopic (exact) mass is 196 g/mol. The lowest BCUT2D eigenvalue weighted by molar-refractivity contribution is 0.413. The first-order chi connectivity index (χ1) is 6.47. The van der Waals surface area contributed by atoms with E-state index in [0.29, 0.717) is 0 Å². The molecule has 0 bridgehead atoms. The number of aromatic hydroxyl groups is 1. The van der Waals surface area contributed by atoms with Gasteiger partial charge in [-0.2, -0.15) is 0 Å². The SMILES string of the molecule is CCCC(C)(C)c1ccc(F)cc1O. The van der Waals surface area contributed by atoms with E-state index in [0.717, 1.165) is 18.4 Å². The van der Waals surface area contributed by atoms with Crippen LogP contribution in [-0.4, -0.2) is 5.11 Å². The van der Waals surface area contributed by atoms with Crippen molar-refractivity contribution in [2.24, 2.45) is 0 Å². The molecule has 2 heteroatoms. The summed E-state index contributed by atoms with van der Waals surface area (Å²) in [5, 5.41) is 9.61. The second-order valence-corrected chi connectivity index (χ2v) is 4.30. The zero-order valence-electron chi connectivity index (χ0n) is 8.97. The molecular weight excluding hydrogens is 179 g/mol. The van der Waals surface area contributed by atoms with Gasteiger partial charge in [-0.3, -0.25) is 0 Å². The topological polar surface area (TPSA) is 20.2 Å². The molecule has 0 heterocycles. The lowest BCUT2D eigenvalue weighted by Gasteiger charge is -2.25. The van der Waals surface area contributed by atoms with Gasteiger partial charge in [-0.1, -0.05) is 33.3 Å². The Morgan fingerprint density at radius 1 is 1.36 bits per heavy atom. The highest BCUT2D eigenvalue weighted by Gasteiger charge is 2.22. The number of rotatable bonds is 3. The molecular formula is C12H17FO. The third-order valence-corrected chi connectivity index (χ3v) is 2.56. The summed E-state index contributed by atoms with van der Waals surface area (Å²) in [5.41, 5.74) is 0.729. The van der Waals surface area contributed by atoms with Crippen LogP contribution in [0.15, 0.2) is 18.2 Å². The number of phenols is 1. The molecule has 1 rings (SSSR count). The van der Waals surface area contributed by atoms with Crippen molar-refractivity contribution in [2.75, 3.05) is 0 Å². The van der Waals surface area contributed by atoms with Gasteiger partial charge in [0.2, 0.25) is 0 Å². The van der Waals surface area contributed by atoms with E-state index >= 15 is 0 Å². The van der Waals surface area contributed by atoms with Gasteiger partial charge in [0.05, 0.1) is 0 Å². The summed E-state index contributed by atoms with van der Waals surface area (Å²) in [6.45, 7) is 6.22. The second-order valence-electron chi connectivity index (χ2n) is 4.30. The Morgan fingerprint density at radius 2 is 2.00 bits per heavy atom. The standard InChI is InChI=1S/C12H17FO/c1-4-7-12(2,3)10-6-5-9(13)8-11(10)14/h5-6,8,14H,4,7H2,1-3H3. The van der Waals surface area contributed by atoms with E-state index in [-0.39, 0.29) is 11.2 Å². The van der Waals surface area contributed by atoms with E-state index < -0.39 is 5.82 Å². The van der Waals surface area contributed by atoms with Crippen molar-refractivity contribution in [3.63, 3.8) is 0 Å². The van der Waals surface area contributed by atoms with Gasteiger partial charge in [0.15, 0.2) is 0 Å². The smallest absolute Gasteiger partial charge is 0.126 e. The molecule has 0 saturated carbocycles. The molecule has 0 amide bonds. The largest absolute Gasteiger partial charge is 0.508 e. The summed E-state index contributed by atoms with van der Waals surface area (Å²) in [6.07, 6.45) is 2.02. The molecule has 78 valence electrons. The zero-order valence-corrected chi connectivity index (χ0v) is 8.97. The molecule has 0 atom stereocenters. The summed E-state index contributed by atoms with van der Waals surface area (Å²) in [7, 11) is 0. The van der Waals surface area contributed by atoms with Crippen LogP contribution in [-0.2, 0) is 5.41 Å². The fraction of sp³-hybridized carbons (Fsp3) is 0.500. The van der Waals surface area contributed by atoms with Crippen molar-refractivity contribution in [3.8, 4) is 5.75 Å². The molecule has 1 N–H and O–H groups in total. The van der Waals surface area contributed by atoms with Crippen molar-refractivity contribution in [3.05, 3.63) is 29.6 Å². The Hall–Kier alpha value is -1.05. The minimum absolute atomic E-state index is 0.0588. The van der Waals surface area contributed by atoms with Gasteiger partial charge in [-0.25, -0.2) is 4.39 Å². The van der Waals surface area contributed by atoms with Crippen LogP contribution in [0.25, 0.3) is 0 Å². The van der Waals surface area contributed by atoms with E-state index in [2.05, 4.69) is 20.8 Å². The van der Waals surface area contributed by atoms with Gasteiger partial charge in [0.1, 0.15) is 11.6 Å². The van der Waals surface area contributed by atoms with Crippen LogP contribution in [0.3, 0.4) is 0 Å². The highest BCUT2D eigenvalue weighted by molar-refractivity contribution is 5.38. The quantitative estimate of drug-likeness (QED) is 0.783. The van der Waals surface area contributed by atoms with Crippen LogP contribution >= 0.6 is 0 Å². The lowest BCUT2D eigenvalue weighted by atomic mass is 9.80. The highest BCUT2D eigenvalue weighted by atomic mass is 19.1. The molecule has 0 spiro atoms. The molecule has 0 aliphatic carbocycles. The molecule has 0 radical (unpaired) electrons. The molecule has 1 aromatic carbocycles. The van der Waals surface area contributed by atoms with Crippen molar-refractivity contribution < 1.29 is 9.50 Å². The van der Waals surface area contributed by atoms with Gasteiger partial charge in [0, 0.05) is 6.07 Å². The third-order valence-electron chi connectivity index (χ3n) is 2.56. The van der Waals surface area contributed by atoms with Crippen LogP contribution in [0.2, 0.25) is 0 Å². The summed E-state index contributed by atoms with van der Waals surface area (Å²) < 4.78 is 12.8. The van der Waals surface area contributed by atoms with Crippen molar-refractivity contribution in [1.82, 2.24) is 0 Å². The first-order valence-corrected chi connectivity index (χ1v) is 4.96. The van der Waals surface area contributed by atoms with E-state index in [4.69, 9.17) is 0 Å². The normalized spacial score (nSPS) is 11.7. The molecule has 0 saturated heterocycles. The fourth-order valence-corrected chi connectivity index (χ4v) is 1.84. The average molecular weight is 196 g/mol. The Kier molecular flexibility index (Phi) is 3.14. The van der Waals surface area contributed by atoms with Crippen LogP contribution in [0.1, 0.15) is 39.2 Å². The summed E-state index contributed by atoms with van der Waals surface area (Å²) in [5.74, 6) is -0.331. The van der Waals surface area contributed by atoms with Crippen LogP contribution in [0, 0.1) is 5.82 Å². The van der Waals surface area contributed by atoms with Crippen molar-refractivity contribution in [1.29, 1.82) is 0 Å². The van der Waals surface area contributed by atoms with E-state index in [1.807, 2.05) is 0 Å². The molecule has 0 fully saturated rings. The maximum absolute atomic E-state index is 12.8. The molecule has 0 aromatic heterocycles. The predicted octanol–water partition coefficient (Wildman–Crippen LogP) is 3.61. The van der Waals surface area contributed by atoms with Crippen LogP contribution in [0.5, 0.6) is 5.75 Å². The number of benzene rings is 1. The average Bonchev–Trinajstić information content (AvgIpc) is 2.02. The number of phenolic OH excluding ortho intramolecular Hbond substituents is 1. The van der Waals surface area contributed by atoms with Gasteiger partial charge in [-0.05, 0) is 23.5 Å². The van der Waals surface area contributed by atoms with E-state index in [9.17, 15) is 9.50 Å². The Bertz CT molecular complexity index is 318. The number of hydrogen-bond acceptors (Lipinski definition) is 1. The number of hydrogen-bond donors (Lipinski definition) is 1. The van der Waals surface area contributed by atoms with E-state index in [1.54, 1.807) is 6.07 Å². The van der Waals surface area contributed by atoms with Crippen molar-refractivity contribution >= 4 is 0 Å². The summed E-state index contributed by atoms with van der Waals surface area (Å²) in [4.78, 5) is 0. The lowest BCUT2D eigenvalue weighted by Crippen LogP contribution is -2.16. The van der Waals surface area contributed by atoms with Crippen LogP contribution in [0.4, 0.5) is 4.39 Å². The van der Waals surface area contributed by atoms with Gasteiger partial charge < -0.3 is 5.11 Å². The maximum Gasteiger partial charge on any atom is 0.126 e. The molecule has 0 unspecified atom stereocenters. The first kappa shape index (κ1) is 11.0. The predicted molar refractivity (Wildman–Crippen MR) is 56.0 cm³/mol. The Labute approximate surface area is 84.6 Å². The van der Waals surface area contributed by atoms with Crippen molar-refractivity contribution in [2.45, 2.75) is 39.0 Å². The van der Waals surface area contributed by atoms with Gasteiger partial charge in [-0.15, -0.1) is 0 Å².